The van der Waals surface area contributed by atoms with Crippen molar-refractivity contribution in [3.8, 4) is 0 Å². The molecular weight excluding hydrogens is 268 g/mol. The molecule has 0 saturated carbocycles. The summed E-state index contributed by atoms with van der Waals surface area (Å²) in [6, 6.07) is 0.255. The predicted octanol–water partition coefficient (Wildman–Crippen LogP) is 2.33. The average molecular weight is 296 g/mol. The first-order chi connectivity index (χ1) is 9.69. The van der Waals surface area contributed by atoms with E-state index in [-0.39, 0.29) is 12.1 Å². The maximum absolute atomic E-state index is 11.8. The zero-order chi connectivity index (χ0) is 16.0. The molecule has 1 aromatic heterocycles. The summed E-state index contributed by atoms with van der Waals surface area (Å²) in [6.07, 6.45) is 4.47. The molecule has 1 atom stereocenters. The molecule has 0 spiro atoms. The molecule has 1 N–H and O–H groups in total. The number of amides is 1. The second kappa shape index (κ2) is 7.45. The molecule has 1 unspecified atom stereocenters. The molecule has 21 heavy (non-hydrogen) atoms. The van der Waals surface area contributed by atoms with Crippen LogP contribution in [0.1, 0.15) is 45.7 Å². The van der Waals surface area contributed by atoms with Crippen LogP contribution in [0.5, 0.6) is 0 Å². The third kappa shape index (κ3) is 6.62. The van der Waals surface area contributed by atoms with E-state index in [9.17, 15) is 4.79 Å². The van der Waals surface area contributed by atoms with Gasteiger partial charge in [0.15, 0.2) is 0 Å². The smallest absolute Gasteiger partial charge is 0.410 e. The van der Waals surface area contributed by atoms with Gasteiger partial charge in [-0.15, -0.1) is 0 Å². The Morgan fingerprint density at radius 2 is 2.19 bits per heavy atom. The van der Waals surface area contributed by atoms with Gasteiger partial charge in [0, 0.05) is 38.4 Å². The molecule has 0 aliphatic heterocycles. The minimum absolute atomic E-state index is 0.255. The number of rotatable bonds is 6. The molecule has 1 heterocycles. The van der Waals surface area contributed by atoms with E-state index in [1.54, 1.807) is 16.6 Å². The Bertz CT molecular complexity index is 451. The summed E-state index contributed by atoms with van der Waals surface area (Å²) in [6.45, 7) is 9.22. The Morgan fingerprint density at radius 3 is 2.71 bits per heavy atom. The molecular formula is C15H28N4O2. The maximum atomic E-state index is 11.8. The molecule has 0 fully saturated rings. The van der Waals surface area contributed by atoms with Crippen molar-refractivity contribution in [2.24, 2.45) is 7.05 Å². The van der Waals surface area contributed by atoms with Gasteiger partial charge in [0.25, 0.3) is 0 Å². The highest BCUT2D eigenvalue weighted by Crippen LogP contribution is 2.11. The van der Waals surface area contributed by atoms with Crippen LogP contribution >= 0.6 is 0 Å². The second-order valence-electron chi connectivity index (χ2n) is 6.38. The van der Waals surface area contributed by atoms with Gasteiger partial charge < -0.3 is 15.0 Å². The van der Waals surface area contributed by atoms with Crippen LogP contribution in [0.3, 0.4) is 0 Å². The Hall–Kier alpha value is -1.56. The average Bonchev–Trinajstić information content (AvgIpc) is 2.78. The molecule has 0 radical (unpaired) electrons. The van der Waals surface area contributed by atoms with E-state index in [4.69, 9.17) is 4.74 Å². The summed E-state index contributed by atoms with van der Waals surface area (Å²) in [4.78, 5) is 13.4. The van der Waals surface area contributed by atoms with Gasteiger partial charge >= 0.3 is 6.09 Å². The minimum atomic E-state index is -0.446. The van der Waals surface area contributed by atoms with Crippen molar-refractivity contribution >= 4 is 6.09 Å². The van der Waals surface area contributed by atoms with Gasteiger partial charge in [0.1, 0.15) is 5.60 Å². The van der Waals surface area contributed by atoms with E-state index in [0.717, 1.165) is 18.5 Å². The Balaban J connectivity index is 2.23. The van der Waals surface area contributed by atoms with Crippen LogP contribution in [0.15, 0.2) is 12.4 Å². The number of carbonyl (C=O) groups is 1. The first-order valence-corrected chi connectivity index (χ1v) is 7.35. The summed E-state index contributed by atoms with van der Waals surface area (Å²) in [5.74, 6) is 0. The van der Waals surface area contributed by atoms with Crippen LogP contribution < -0.4 is 5.32 Å². The molecule has 0 aliphatic carbocycles. The number of nitrogens with one attached hydrogen (secondary N) is 1. The topological polar surface area (TPSA) is 59.4 Å². The molecule has 120 valence electrons. The lowest BCUT2D eigenvalue weighted by molar-refractivity contribution is 0.0297. The van der Waals surface area contributed by atoms with Gasteiger partial charge in [-0.3, -0.25) is 4.68 Å². The molecule has 1 aromatic rings. The molecule has 0 aromatic carbocycles. The summed E-state index contributed by atoms with van der Waals surface area (Å²) < 4.78 is 7.10. The highest BCUT2D eigenvalue weighted by molar-refractivity contribution is 5.67. The Labute approximate surface area is 127 Å². The highest BCUT2D eigenvalue weighted by Gasteiger charge is 2.19. The minimum Gasteiger partial charge on any atom is -0.444 e. The summed E-state index contributed by atoms with van der Waals surface area (Å²) in [5.41, 5.74) is 0.719. The Morgan fingerprint density at radius 1 is 1.52 bits per heavy atom. The lowest BCUT2D eigenvalue weighted by Crippen LogP contribution is -2.35. The van der Waals surface area contributed by atoms with Crippen molar-refractivity contribution in [2.75, 3.05) is 20.1 Å². The van der Waals surface area contributed by atoms with E-state index < -0.39 is 5.60 Å². The lowest BCUT2D eigenvalue weighted by atomic mass is 10.2. The fraction of sp³-hybridized carbons (Fsp3) is 0.733. The van der Waals surface area contributed by atoms with E-state index in [2.05, 4.69) is 17.3 Å². The zero-order valence-corrected chi connectivity index (χ0v) is 14.0. The van der Waals surface area contributed by atoms with Crippen LogP contribution in [0, 0.1) is 0 Å². The van der Waals surface area contributed by atoms with Crippen LogP contribution in [0.2, 0.25) is 0 Å². The maximum Gasteiger partial charge on any atom is 0.410 e. The van der Waals surface area contributed by atoms with Crippen molar-refractivity contribution in [2.45, 2.75) is 45.8 Å². The number of carbonyl (C=O) groups excluding carboxylic acids is 1. The van der Waals surface area contributed by atoms with E-state index >= 15 is 0 Å². The Kier molecular flexibility index (Phi) is 6.20. The largest absolute Gasteiger partial charge is 0.444 e. The summed E-state index contributed by atoms with van der Waals surface area (Å²) in [5, 5.41) is 7.58. The van der Waals surface area contributed by atoms with Gasteiger partial charge in [-0.05, 0) is 40.7 Å². The van der Waals surface area contributed by atoms with Crippen molar-refractivity contribution in [1.29, 1.82) is 0 Å². The van der Waals surface area contributed by atoms with Gasteiger partial charge in [-0.2, -0.15) is 5.10 Å². The van der Waals surface area contributed by atoms with Crippen molar-refractivity contribution in [1.82, 2.24) is 20.0 Å². The van der Waals surface area contributed by atoms with Gasteiger partial charge in [-0.25, -0.2) is 4.79 Å². The van der Waals surface area contributed by atoms with Crippen LogP contribution in [0.4, 0.5) is 4.79 Å². The van der Waals surface area contributed by atoms with Crippen LogP contribution in [-0.2, 0) is 11.8 Å². The molecule has 1 amide bonds. The number of aryl methyl sites for hydroxylation is 1. The summed E-state index contributed by atoms with van der Waals surface area (Å²) >= 11 is 0. The molecule has 0 aliphatic rings. The van der Waals surface area contributed by atoms with Crippen LogP contribution in [0.25, 0.3) is 0 Å². The summed E-state index contributed by atoms with van der Waals surface area (Å²) in [7, 11) is 3.67. The third-order valence-corrected chi connectivity index (χ3v) is 3.05. The number of ether oxygens (including phenoxy) is 1. The van der Waals surface area contributed by atoms with E-state index in [0.29, 0.717) is 6.54 Å². The van der Waals surface area contributed by atoms with Crippen molar-refractivity contribution in [3.05, 3.63) is 18.0 Å². The number of nitrogens with zero attached hydrogens (tertiary/aromatic N) is 3. The quantitative estimate of drug-likeness (QED) is 0.819. The molecule has 1 rings (SSSR count). The van der Waals surface area contributed by atoms with Gasteiger partial charge in [0.05, 0.1) is 6.20 Å². The van der Waals surface area contributed by atoms with Gasteiger partial charge in [-0.1, -0.05) is 0 Å². The SMILES string of the molecule is CC(NCCCN(C)C(=O)OC(C)(C)C)c1cnn(C)c1. The molecule has 6 nitrogen and oxygen atoms in total. The molecule has 0 saturated heterocycles. The van der Waals surface area contributed by atoms with Crippen molar-refractivity contribution in [3.63, 3.8) is 0 Å². The monoisotopic (exact) mass is 296 g/mol. The highest BCUT2D eigenvalue weighted by atomic mass is 16.6. The third-order valence-electron chi connectivity index (χ3n) is 3.05. The fourth-order valence-electron chi connectivity index (χ4n) is 1.85. The van der Waals surface area contributed by atoms with Crippen molar-refractivity contribution < 1.29 is 9.53 Å². The fourth-order valence-corrected chi connectivity index (χ4v) is 1.85. The predicted molar refractivity (Wildman–Crippen MR) is 83.1 cm³/mol. The molecule has 6 heteroatoms. The first kappa shape index (κ1) is 17.5. The van der Waals surface area contributed by atoms with E-state index in [1.165, 1.54) is 0 Å². The number of aromatic nitrogens is 2. The first-order valence-electron chi connectivity index (χ1n) is 7.35. The zero-order valence-electron chi connectivity index (χ0n) is 14.0. The lowest BCUT2D eigenvalue weighted by Gasteiger charge is -2.24. The number of hydrogen-bond acceptors (Lipinski definition) is 4. The second-order valence-corrected chi connectivity index (χ2v) is 6.38. The number of hydrogen-bond donors (Lipinski definition) is 1. The van der Waals surface area contributed by atoms with Gasteiger partial charge in [0.2, 0.25) is 0 Å². The van der Waals surface area contributed by atoms with E-state index in [1.807, 2.05) is 40.2 Å². The van der Waals surface area contributed by atoms with Crippen LogP contribution in [-0.4, -0.2) is 46.5 Å². The normalized spacial score (nSPS) is 13.0. The molecule has 0 bridgehead atoms. The standard InChI is InChI=1S/C15H28N4O2/c1-12(13-10-17-19(6)11-13)16-8-7-9-18(5)14(20)21-15(2,3)4/h10-12,16H,7-9H2,1-6H3.